The largest absolute Gasteiger partial charge is 0.344 e. The van der Waals surface area contributed by atoms with Crippen molar-refractivity contribution in [3.63, 3.8) is 0 Å². The molecule has 90 valence electrons. The van der Waals surface area contributed by atoms with Crippen molar-refractivity contribution in [2.75, 3.05) is 13.6 Å². The Bertz CT molecular complexity index is 467. The predicted molar refractivity (Wildman–Crippen MR) is 65.7 cm³/mol. The Morgan fingerprint density at radius 3 is 2.71 bits per heavy atom. The second-order valence-corrected chi connectivity index (χ2v) is 4.83. The maximum Gasteiger partial charge on any atom is 0.233 e. The third-order valence-corrected chi connectivity index (χ3v) is 3.42. The van der Waals surface area contributed by atoms with Crippen molar-refractivity contribution in [2.45, 2.75) is 19.8 Å². The van der Waals surface area contributed by atoms with Crippen LogP contribution >= 0.6 is 0 Å². The van der Waals surface area contributed by atoms with E-state index in [1.165, 1.54) is 6.92 Å². The molecule has 17 heavy (non-hydrogen) atoms. The number of nitrogens with zero attached hydrogens (tertiary/aromatic N) is 1. The summed E-state index contributed by atoms with van der Waals surface area (Å²) in [5, 5.41) is 0. The monoisotopic (exact) mass is 231 g/mol. The van der Waals surface area contributed by atoms with Crippen LogP contribution in [0.5, 0.6) is 0 Å². The molecule has 0 aliphatic carbocycles. The molecule has 1 saturated heterocycles. The summed E-state index contributed by atoms with van der Waals surface area (Å²) in [6.07, 6.45) is 0. The molecule has 0 N–H and O–H groups in total. The fraction of sp³-hybridized carbons (Fsp3) is 0.429. The number of carbonyl (C=O) groups is 2. The minimum absolute atomic E-state index is 0.00454. The first kappa shape index (κ1) is 11.8. The molecule has 1 aromatic rings. The molecular weight excluding hydrogens is 214 g/mol. The van der Waals surface area contributed by atoms with Crippen LogP contribution in [0, 0.1) is 12.8 Å². The number of hydrogen-bond donors (Lipinski definition) is 0. The van der Waals surface area contributed by atoms with Gasteiger partial charge in [-0.05, 0) is 19.4 Å². The van der Waals surface area contributed by atoms with Crippen molar-refractivity contribution in [3.8, 4) is 0 Å². The molecule has 0 radical (unpaired) electrons. The highest BCUT2D eigenvalue weighted by atomic mass is 16.2. The van der Waals surface area contributed by atoms with Gasteiger partial charge in [-0.1, -0.05) is 29.8 Å². The normalized spacial score (nSPS) is 24.2. The number of rotatable bonds is 2. The van der Waals surface area contributed by atoms with E-state index in [1.807, 2.05) is 25.1 Å². The van der Waals surface area contributed by atoms with E-state index in [9.17, 15) is 9.59 Å². The molecule has 1 aliphatic rings. The van der Waals surface area contributed by atoms with E-state index in [4.69, 9.17) is 0 Å². The Kier molecular flexibility index (Phi) is 3.01. The van der Waals surface area contributed by atoms with Gasteiger partial charge in [-0.2, -0.15) is 0 Å². The summed E-state index contributed by atoms with van der Waals surface area (Å²) in [4.78, 5) is 25.2. The highest BCUT2D eigenvalue weighted by molar-refractivity contribution is 6.02. The molecule has 2 unspecified atom stereocenters. The van der Waals surface area contributed by atoms with Crippen molar-refractivity contribution in [1.29, 1.82) is 0 Å². The number of aryl methyl sites for hydroxylation is 1. The highest BCUT2D eigenvalue weighted by Gasteiger charge is 2.42. The van der Waals surface area contributed by atoms with Crippen LogP contribution in [0.15, 0.2) is 24.3 Å². The molecule has 1 heterocycles. The van der Waals surface area contributed by atoms with Gasteiger partial charge in [0.15, 0.2) is 0 Å². The van der Waals surface area contributed by atoms with Crippen LogP contribution in [0.1, 0.15) is 24.0 Å². The molecule has 0 saturated carbocycles. The van der Waals surface area contributed by atoms with Crippen molar-refractivity contribution < 1.29 is 9.59 Å². The molecular formula is C14H17NO2. The lowest BCUT2D eigenvalue weighted by Crippen LogP contribution is -2.26. The van der Waals surface area contributed by atoms with Crippen LogP contribution in [0.3, 0.4) is 0 Å². The predicted octanol–water partition coefficient (Wildman–Crippen LogP) is 1.76. The smallest absolute Gasteiger partial charge is 0.233 e. The van der Waals surface area contributed by atoms with E-state index in [1.54, 1.807) is 11.9 Å². The number of likely N-dealkylation sites (tertiary alicyclic amines) is 1. The average Bonchev–Trinajstić information content (AvgIpc) is 2.55. The van der Waals surface area contributed by atoms with Gasteiger partial charge < -0.3 is 4.90 Å². The first-order chi connectivity index (χ1) is 8.00. The van der Waals surface area contributed by atoms with Gasteiger partial charge in [0.2, 0.25) is 5.91 Å². The lowest BCUT2D eigenvalue weighted by molar-refractivity contribution is -0.135. The fourth-order valence-corrected chi connectivity index (χ4v) is 2.56. The molecule has 2 rings (SSSR count). The molecule has 0 bridgehead atoms. The molecule has 3 heteroatoms. The van der Waals surface area contributed by atoms with Crippen molar-refractivity contribution in [2.24, 2.45) is 5.92 Å². The summed E-state index contributed by atoms with van der Waals surface area (Å²) in [6.45, 7) is 4.16. The fourth-order valence-electron chi connectivity index (χ4n) is 2.56. The number of carbonyl (C=O) groups excluding carboxylic acids is 2. The van der Waals surface area contributed by atoms with E-state index in [0.717, 1.165) is 11.1 Å². The number of Topliss-reactive ketones (excluding diaryl/α,β-unsaturated/α-hetero) is 1. The summed E-state index contributed by atoms with van der Waals surface area (Å²) in [6, 6.07) is 8.06. The van der Waals surface area contributed by atoms with Gasteiger partial charge in [-0.25, -0.2) is 0 Å². The van der Waals surface area contributed by atoms with Crippen molar-refractivity contribution >= 4 is 11.7 Å². The SMILES string of the molecule is CC(=O)C1C(=O)N(C)CC1c1cccc(C)c1. The standard InChI is InChI=1S/C14H17NO2/c1-9-5-4-6-11(7-9)12-8-15(3)14(17)13(12)10(2)16/h4-7,12-13H,8H2,1-3H3. The van der Waals surface area contributed by atoms with E-state index >= 15 is 0 Å². The Balaban J connectivity index is 2.38. The van der Waals surface area contributed by atoms with E-state index in [2.05, 4.69) is 6.07 Å². The summed E-state index contributed by atoms with van der Waals surface area (Å²) in [5.41, 5.74) is 2.25. The summed E-state index contributed by atoms with van der Waals surface area (Å²) in [5.74, 6) is -0.582. The number of likely N-dealkylation sites (N-methyl/N-ethyl adjacent to an activating group) is 1. The highest BCUT2D eigenvalue weighted by Crippen LogP contribution is 2.33. The quantitative estimate of drug-likeness (QED) is 0.727. The zero-order valence-electron chi connectivity index (χ0n) is 10.4. The third kappa shape index (κ3) is 2.09. The lowest BCUT2D eigenvalue weighted by Gasteiger charge is -2.14. The van der Waals surface area contributed by atoms with E-state index < -0.39 is 5.92 Å². The summed E-state index contributed by atoms with van der Waals surface area (Å²) < 4.78 is 0. The third-order valence-electron chi connectivity index (χ3n) is 3.42. The van der Waals surface area contributed by atoms with Crippen molar-refractivity contribution in [1.82, 2.24) is 4.90 Å². The molecule has 1 amide bonds. The topological polar surface area (TPSA) is 37.4 Å². The molecule has 1 aromatic carbocycles. The molecule has 2 atom stereocenters. The first-order valence-corrected chi connectivity index (χ1v) is 5.82. The van der Waals surface area contributed by atoms with Crippen LogP contribution in [0.4, 0.5) is 0 Å². The maximum absolute atomic E-state index is 11.9. The lowest BCUT2D eigenvalue weighted by atomic mass is 9.86. The Morgan fingerprint density at radius 1 is 1.41 bits per heavy atom. The molecule has 1 fully saturated rings. The minimum atomic E-state index is -0.498. The second kappa shape index (κ2) is 4.32. The molecule has 0 spiro atoms. The number of hydrogen-bond acceptors (Lipinski definition) is 2. The zero-order valence-corrected chi connectivity index (χ0v) is 10.4. The van der Waals surface area contributed by atoms with Gasteiger partial charge in [0.25, 0.3) is 0 Å². The van der Waals surface area contributed by atoms with Gasteiger partial charge in [0.1, 0.15) is 11.7 Å². The molecule has 0 aromatic heterocycles. The number of amides is 1. The van der Waals surface area contributed by atoms with E-state index in [0.29, 0.717) is 6.54 Å². The van der Waals surface area contributed by atoms with Crippen LogP contribution in [-0.2, 0) is 9.59 Å². The average molecular weight is 231 g/mol. The maximum atomic E-state index is 11.9. The Hall–Kier alpha value is -1.64. The first-order valence-electron chi connectivity index (χ1n) is 5.82. The second-order valence-electron chi connectivity index (χ2n) is 4.83. The van der Waals surface area contributed by atoms with Gasteiger partial charge in [0.05, 0.1) is 0 Å². The van der Waals surface area contributed by atoms with Crippen LogP contribution in [-0.4, -0.2) is 30.2 Å². The Labute approximate surface area is 101 Å². The van der Waals surface area contributed by atoms with Gasteiger partial charge in [-0.3, -0.25) is 9.59 Å². The van der Waals surface area contributed by atoms with Gasteiger partial charge >= 0.3 is 0 Å². The van der Waals surface area contributed by atoms with Gasteiger partial charge in [-0.15, -0.1) is 0 Å². The number of ketones is 1. The zero-order chi connectivity index (χ0) is 12.6. The van der Waals surface area contributed by atoms with Crippen molar-refractivity contribution in [3.05, 3.63) is 35.4 Å². The summed E-state index contributed by atoms with van der Waals surface area (Å²) >= 11 is 0. The molecule has 1 aliphatic heterocycles. The number of benzene rings is 1. The van der Waals surface area contributed by atoms with Crippen LogP contribution < -0.4 is 0 Å². The summed E-state index contributed by atoms with van der Waals surface area (Å²) in [7, 11) is 1.76. The van der Waals surface area contributed by atoms with Gasteiger partial charge in [0, 0.05) is 19.5 Å². The van der Waals surface area contributed by atoms with E-state index in [-0.39, 0.29) is 17.6 Å². The Morgan fingerprint density at radius 2 is 2.12 bits per heavy atom. The molecule has 3 nitrogen and oxygen atoms in total. The van der Waals surface area contributed by atoms with Crippen LogP contribution in [0.25, 0.3) is 0 Å². The van der Waals surface area contributed by atoms with Crippen LogP contribution in [0.2, 0.25) is 0 Å². The minimum Gasteiger partial charge on any atom is -0.344 e.